The van der Waals surface area contributed by atoms with Crippen LogP contribution in [0.15, 0.2) is 48.5 Å². The maximum absolute atomic E-state index is 6.21. The maximum Gasteiger partial charge on any atom is 0.119 e. The second kappa shape index (κ2) is 6.44. The molecule has 0 radical (unpaired) electrons. The number of para-hydroxylation sites is 1. The van der Waals surface area contributed by atoms with Crippen molar-refractivity contribution in [2.24, 2.45) is 5.73 Å². The van der Waals surface area contributed by atoms with Gasteiger partial charge >= 0.3 is 0 Å². The van der Waals surface area contributed by atoms with Gasteiger partial charge in [-0.05, 0) is 42.3 Å². The summed E-state index contributed by atoms with van der Waals surface area (Å²) in [5.41, 5.74) is 9.64. The first-order valence-electron chi connectivity index (χ1n) is 6.89. The van der Waals surface area contributed by atoms with Crippen LogP contribution in [0, 0.1) is 0 Å². The number of ether oxygens (including phenoxy) is 1. The van der Waals surface area contributed by atoms with Crippen molar-refractivity contribution in [3.8, 4) is 5.75 Å². The number of nitrogens with zero attached hydrogens (tertiary/aromatic N) is 1. The molecule has 2 aromatic rings. The minimum absolute atomic E-state index is 0.0619. The molecule has 0 aromatic heterocycles. The fraction of sp³-hybridized carbons (Fsp3) is 0.294. The van der Waals surface area contributed by atoms with E-state index in [1.807, 2.05) is 36.4 Å². The molecule has 106 valence electrons. The molecular weight excluding hydrogens is 248 g/mol. The zero-order valence-corrected chi connectivity index (χ0v) is 12.3. The van der Waals surface area contributed by atoms with Crippen LogP contribution in [-0.4, -0.2) is 14.2 Å². The van der Waals surface area contributed by atoms with Gasteiger partial charge in [-0.2, -0.15) is 0 Å². The standard InChI is InChI=1S/C17H22N2O/c1-4-16(18)15-7-5-6-8-17(15)19(2)13-9-11-14(20-3)12-10-13/h5-12,16H,4,18H2,1-3H3/t16-/m0/s1. The molecule has 0 saturated carbocycles. The SMILES string of the molecule is CC[C@H](N)c1ccccc1N(C)c1ccc(OC)cc1. The second-order valence-electron chi connectivity index (χ2n) is 4.83. The number of rotatable bonds is 5. The monoisotopic (exact) mass is 270 g/mol. The first-order chi connectivity index (χ1) is 9.67. The highest BCUT2D eigenvalue weighted by molar-refractivity contribution is 5.66. The van der Waals surface area contributed by atoms with Gasteiger partial charge in [-0.15, -0.1) is 0 Å². The summed E-state index contributed by atoms with van der Waals surface area (Å²) in [6.07, 6.45) is 0.924. The Balaban J connectivity index is 2.34. The smallest absolute Gasteiger partial charge is 0.119 e. The lowest BCUT2D eigenvalue weighted by Crippen LogP contribution is -2.16. The molecule has 0 amide bonds. The third-order valence-corrected chi connectivity index (χ3v) is 3.60. The Labute approximate surface area is 121 Å². The molecule has 0 aliphatic carbocycles. The number of hydrogen-bond donors (Lipinski definition) is 1. The van der Waals surface area contributed by atoms with Gasteiger partial charge in [0.05, 0.1) is 7.11 Å². The molecule has 0 saturated heterocycles. The Morgan fingerprint density at radius 1 is 1.10 bits per heavy atom. The van der Waals surface area contributed by atoms with Gasteiger partial charge in [-0.1, -0.05) is 25.1 Å². The van der Waals surface area contributed by atoms with Crippen LogP contribution in [0.5, 0.6) is 5.75 Å². The zero-order chi connectivity index (χ0) is 14.5. The van der Waals surface area contributed by atoms with E-state index in [0.29, 0.717) is 0 Å². The van der Waals surface area contributed by atoms with Gasteiger partial charge in [0.1, 0.15) is 5.75 Å². The number of nitrogens with two attached hydrogens (primary N) is 1. The molecule has 2 N–H and O–H groups in total. The van der Waals surface area contributed by atoms with Crippen LogP contribution >= 0.6 is 0 Å². The Bertz CT molecular complexity index is 551. The Morgan fingerprint density at radius 2 is 1.75 bits per heavy atom. The van der Waals surface area contributed by atoms with Crippen molar-refractivity contribution in [3.63, 3.8) is 0 Å². The summed E-state index contributed by atoms with van der Waals surface area (Å²) in [6.45, 7) is 2.11. The van der Waals surface area contributed by atoms with E-state index < -0.39 is 0 Å². The summed E-state index contributed by atoms with van der Waals surface area (Å²) in [4.78, 5) is 2.16. The fourth-order valence-electron chi connectivity index (χ4n) is 2.27. The van der Waals surface area contributed by atoms with E-state index >= 15 is 0 Å². The largest absolute Gasteiger partial charge is 0.497 e. The number of hydrogen-bond acceptors (Lipinski definition) is 3. The average Bonchev–Trinajstić information content (AvgIpc) is 2.53. The average molecular weight is 270 g/mol. The van der Waals surface area contributed by atoms with Crippen molar-refractivity contribution in [1.82, 2.24) is 0 Å². The quantitative estimate of drug-likeness (QED) is 0.896. The molecule has 3 nitrogen and oxygen atoms in total. The lowest BCUT2D eigenvalue weighted by molar-refractivity contribution is 0.415. The summed E-state index contributed by atoms with van der Waals surface area (Å²) < 4.78 is 5.20. The normalized spacial score (nSPS) is 12.0. The first-order valence-corrected chi connectivity index (χ1v) is 6.89. The van der Waals surface area contributed by atoms with Crippen LogP contribution in [0.1, 0.15) is 24.9 Å². The van der Waals surface area contributed by atoms with E-state index in [1.54, 1.807) is 7.11 Å². The first kappa shape index (κ1) is 14.4. The molecular formula is C17H22N2O. The van der Waals surface area contributed by atoms with E-state index in [2.05, 4.69) is 31.0 Å². The summed E-state index contributed by atoms with van der Waals surface area (Å²) in [7, 11) is 3.73. The van der Waals surface area contributed by atoms with Crippen molar-refractivity contribution in [3.05, 3.63) is 54.1 Å². The molecule has 0 aliphatic heterocycles. The lowest BCUT2D eigenvalue weighted by Gasteiger charge is -2.25. The van der Waals surface area contributed by atoms with Crippen molar-refractivity contribution >= 4 is 11.4 Å². The van der Waals surface area contributed by atoms with Gasteiger partial charge in [0.2, 0.25) is 0 Å². The third-order valence-electron chi connectivity index (χ3n) is 3.60. The summed E-state index contributed by atoms with van der Waals surface area (Å²) in [5.74, 6) is 0.862. The Kier molecular flexibility index (Phi) is 4.64. The summed E-state index contributed by atoms with van der Waals surface area (Å²) >= 11 is 0. The molecule has 0 aliphatic rings. The van der Waals surface area contributed by atoms with Crippen molar-refractivity contribution in [1.29, 1.82) is 0 Å². The van der Waals surface area contributed by atoms with Crippen molar-refractivity contribution < 1.29 is 4.74 Å². The highest BCUT2D eigenvalue weighted by Crippen LogP contribution is 2.31. The molecule has 0 spiro atoms. The third kappa shape index (κ3) is 2.94. The number of benzene rings is 2. The molecule has 0 fully saturated rings. The predicted molar refractivity (Wildman–Crippen MR) is 84.7 cm³/mol. The highest BCUT2D eigenvalue weighted by Gasteiger charge is 2.13. The number of methoxy groups -OCH3 is 1. The molecule has 0 bridgehead atoms. The van der Waals surface area contributed by atoms with Crippen LogP contribution in [0.2, 0.25) is 0 Å². The number of anilines is 2. The fourth-order valence-corrected chi connectivity index (χ4v) is 2.27. The van der Waals surface area contributed by atoms with E-state index in [0.717, 1.165) is 23.5 Å². The molecule has 3 heteroatoms. The van der Waals surface area contributed by atoms with E-state index in [-0.39, 0.29) is 6.04 Å². The zero-order valence-electron chi connectivity index (χ0n) is 12.3. The van der Waals surface area contributed by atoms with Crippen LogP contribution in [0.25, 0.3) is 0 Å². The summed E-state index contributed by atoms with van der Waals surface area (Å²) in [6, 6.07) is 16.4. The molecule has 2 aromatic carbocycles. The van der Waals surface area contributed by atoms with Crippen LogP contribution < -0.4 is 15.4 Å². The van der Waals surface area contributed by atoms with Gasteiger partial charge in [0.15, 0.2) is 0 Å². The Hall–Kier alpha value is -2.00. The van der Waals surface area contributed by atoms with E-state index in [1.165, 1.54) is 5.56 Å². The minimum atomic E-state index is 0.0619. The molecule has 0 heterocycles. The van der Waals surface area contributed by atoms with Gasteiger partial charge < -0.3 is 15.4 Å². The summed E-state index contributed by atoms with van der Waals surface area (Å²) in [5, 5.41) is 0. The second-order valence-corrected chi connectivity index (χ2v) is 4.83. The topological polar surface area (TPSA) is 38.5 Å². The molecule has 1 atom stereocenters. The van der Waals surface area contributed by atoms with Gasteiger partial charge in [0, 0.05) is 24.5 Å². The highest BCUT2D eigenvalue weighted by atomic mass is 16.5. The van der Waals surface area contributed by atoms with Gasteiger partial charge in [-0.25, -0.2) is 0 Å². The Morgan fingerprint density at radius 3 is 2.35 bits per heavy atom. The molecule has 20 heavy (non-hydrogen) atoms. The van der Waals surface area contributed by atoms with Crippen LogP contribution in [0.3, 0.4) is 0 Å². The predicted octanol–water partition coefficient (Wildman–Crippen LogP) is 3.87. The maximum atomic E-state index is 6.21. The van der Waals surface area contributed by atoms with Gasteiger partial charge in [-0.3, -0.25) is 0 Å². The van der Waals surface area contributed by atoms with Gasteiger partial charge in [0.25, 0.3) is 0 Å². The van der Waals surface area contributed by atoms with E-state index in [9.17, 15) is 0 Å². The van der Waals surface area contributed by atoms with Crippen LogP contribution in [0.4, 0.5) is 11.4 Å². The molecule has 2 rings (SSSR count). The van der Waals surface area contributed by atoms with Crippen molar-refractivity contribution in [2.45, 2.75) is 19.4 Å². The lowest BCUT2D eigenvalue weighted by atomic mass is 10.0. The van der Waals surface area contributed by atoms with Crippen LogP contribution in [-0.2, 0) is 0 Å². The minimum Gasteiger partial charge on any atom is -0.497 e. The van der Waals surface area contributed by atoms with Crippen molar-refractivity contribution in [2.75, 3.05) is 19.1 Å². The molecule has 0 unspecified atom stereocenters. The van der Waals surface area contributed by atoms with E-state index in [4.69, 9.17) is 10.5 Å².